The second-order valence-corrected chi connectivity index (χ2v) is 5.69. The summed E-state index contributed by atoms with van der Waals surface area (Å²) in [4.78, 5) is 14.4. The predicted octanol–water partition coefficient (Wildman–Crippen LogP) is 2.23. The van der Waals surface area contributed by atoms with Crippen molar-refractivity contribution in [3.05, 3.63) is 29.8 Å². The number of ether oxygens (including phenoxy) is 1. The highest BCUT2D eigenvalue weighted by molar-refractivity contribution is 5.76. The molecule has 1 aliphatic heterocycles. The minimum absolute atomic E-state index is 0.149. The molecule has 1 amide bonds. The number of piperidine rings is 1. The summed E-state index contributed by atoms with van der Waals surface area (Å²) in [6, 6.07) is 8.30. The van der Waals surface area contributed by atoms with E-state index in [1.807, 2.05) is 31.2 Å². The van der Waals surface area contributed by atoms with Gasteiger partial charge in [0, 0.05) is 12.5 Å². The predicted molar refractivity (Wildman–Crippen MR) is 84.6 cm³/mol. The first-order valence-electron chi connectivity index (χ1n) is 7.87. The van der Waals surface area contributed by atoms with Gasteiger partial charge < -0.3 is 15.0 Å². The molecule has 1 fully saturated rings. The van der Waals surface area contributed by atoms with Crippen LogP contribution in [0.1, 0.15) is 31.7 Å². The van der Waals surface area contributed by atoms with Crippen LogP contribution in [-0.2, 0) is 11.2 Å². The van der Waals surface area contributed by atoms with Crippen molar-refractivity contribution in [2.75, 3.05) is 26.7 Å². The smallest absolute Gasteiger partial charge is 0.220 e. The van der Waals surface area contributed by atoms with Crippen LogP contribution in [0.25, 0.3) is 0 Å². The van der Waals surface area contributed by atoms with Crippen LogP contribution in [0.4, 0.5) is 0 Å². The standard InChI is InChI=1S/C17H26N2O2/c1-3-21-16-7-5-4-6-14(16)8-9-17(20)18-15-10-12-19(2)13-11-15/h4-7,15H,3,8-13H2,1-2H3,(H,18,20). The summed E-state index contributed by atoms with van der Waals surface area (Å²) in [5.41, 5.74) is 1.11. The zero-order chi connectivity index (χ0) is 15.1. The molecule has 1 heterocycles. The van der Waals surface area contributed by atoms with Gasteiger partial charge in [-0.05, 0) is 58.0 Å². The van der Waals surface area contributed by atoms with E-state index in [0.29, 0.717) is 19.1 Å². The molecule has 0 aliphatic carbocycles. The number of hydrogen-bond donors (Lipinski definition) is 1. The molecule has 0 spiro atoms. The van der Waals surface area contributed by atoms with E-state index in [9.17, 15) is 4.79 Å². The summed E-state index contributed by atoms with van der Waals surface area (Å²) in [6.45, 7) is 4.76. The SMILES string of the molecule is CCOc1ccccc1CCC(=O)NC1CCN(C)CC1. The molecule has 1 N–H and O–H groups in total. The molecule has 0 bridgehead atoms. The number of para-hydroxylation sites is 1. The number of hydrogen-bond acceptors (Lipinski definition) is 3. The number of likely N-dealkylation sites (tertiary alicyclic amines) is 1. The molecule has 0 atom stereocenters. The highest BCUT2D eigenvalue weighted by atomic mass is 16.5. The average molecular weight is 290 g/mol. The van der Waals surface area contributed by atoms with E-state index in [-0.39, 0.29) is 5.91 Å². The van der Waals surface area contributed by atoms with Gasteiger partial charge in [0.25, 0.3) is 0 Å². The lowest BCUT2D eigenvalue weighted by atomic mass is 10.0. The Morgan fingerprint density at radius 1 is 1.33 bits per heavy atom. The maximum atomic E-state index is 12.1. The third-order valence-corrected chi connectivity index (χ3v) is 3.98. The molecule has 1 saturated heterocycles. The lowest BCUT2D eigenvalue weighted by Gasteiger charge is -2.29. The number of aryl methyl sites for hydroxylation is 1. The molecule has 4 heteroatoms. The Labute approximate surface area is 127 Å². The first-order chi connectivity index (χ1) is 10.2. The van der Waals surface area contributed by atoms with Crippen LogP contribution in [-0.4, -0.2) is 43.6 Å². The van der Waals surface area contributed by atoms with Crippen molar-refractivity contribution in [2.45, 2.75) is 38.6 Å². The molecule has 1 aliphatic rings. The Balaban J connectivity index is 1.78. The third kappa shape index (κ3) is 5.05. The number of carbonyl (C=O) groups is 1. The fourth-order valence-electron chi connectivity index (χ4n) is 2.71. The largest absolute Gasteiger partial charge is 0.494 e. The summed E-state index contributed by atoms with van der Waals surface area (Å²) in [6.07, 6.45) is 3.36. The van der Waals surface area contributed by atoms with Gasteiger partial charge in [-0.25, -0.2) is 0 Å². The molecule has 0 saturated carbocycles. The van der Waals surface area contributed by atoms with Gasteiger partial charge in [-0.3, -0.25) is 4.79 Å². The van der Waals surface area contributed by atoms with Crippen LogP contribution in [0.2, 0.25) is 0 Å². The van der Waals surface area contributed by atoms with Gasteiger partial charge in [0.15, 0.2) is 0 Å². The van der Waals surface area contributed by atoms with Crippen LogP contribution >= 0.6 is 0 Å². The van der Waals surface area contributed by atoms with E-state index in [2.05, 4.69) is 17.3 Å². The molecule has 2 rings (SSSR count). The number of carbonyl (C=O) groups excluding carboxylic acids is 1. The van der Waals surface area contributed by atoms with E-state index < -0.39 is 0 Å². The maximum absolute atomic E-state index is 12.1. The molecule has 4 nitrogen and oxygen atoms in total. The number of benzene rings is 1. The summed E-state index contributed by atoms with van der Waals surface area (Å²) < 4.78 is 5.59. The van der Waals surface area contributed by atoms with Crippen molar-refractivity contribution in [3.8, 4) is 5.75 Å². The van der Waals surface area contributed by atoms with Gasteiger partial charge in [0.2, 0.25) is 5.91 Å². The molecule has 0 unspecified atom stereocenters. The summed E-state index contributed by atoms with van der Waals surface area (Å²) in [5, 5.41) is 3.15. The monoisotopic (exact) mass is 290 g/mol. The normalized spacial score (nSPS) is 16.7. The van der Waals surface area contributed by atoms with E-state index >= 15 is 0 Å². The maximum Gasteiger partial charge on any atom is 0.220 e. The fourth-order valence-corrected chi connectivity index (χ4v) is 2.71. The van der Waals surface area contributed by atoms with Crippen molar-refractivity contribution >= 4 is 5.91 Å². The van der Waals surface area contributed by atoms with E-state index in [0.717, 1.165) is 43.7 Å². The second kappa shape index (κ2) is 8.03. The Hall–Kier alpha value is -1.55. The summed E-state index contributed by atoms with van der Waals surface area (Å²) in [7, 11) is 2.13. The topological polar surface area (TPSA) is 41.6 Å². The van der Waals surface area contributed by atoms with Crippen molar-refractivity contribution < 1.29 is 9.53 Å². The van der Waals surface area contributed by atoms with Crippen LogP contribution < -0.4 is 10.1 Å². The quantitative estimate of drug-likeness (QED) is 0.873. The van der Waals surface area contributed by atoms with Gasteiger partial charge in [0.1, 0.15) is 5.75 Å². The zero-order valence-electron chi connectivity index (χ0n) is 13.1. The first-order valence-corrected chi connectivity index (χ1v) is 7.87. The second-order valence-electron chi connectivity index (χ2n) is 5.69. The Morgan fingerprint density at radius 2 is 2.05 bits per heavy atom. The Kier molecular flexibility index (Phi) is 6.05. The zero-order valence-corrected chi connectivity index (χ0v) is 13.1. The van der Waals surface area contributed by atoms with Crippen molar-refractivity contribution in [3.63, 3.8) is 0 Å². The van der Waals surface area contributed by atoms with E-state index in [1.54, 1.807) is 0 Å². The van der Waals surface area contributed by atoms with Gasteiger partial charge in [-0.1, -0.05) is 18.2 Å². The number of nitrogens with one attached hydrogen (secondary N) is 1. The van der Waals surface area contributed by atoms with Crippen LogP contribution in [0, 0.1) is 0 Å². The number of nitrogens with zero attached hydrogens (tertiary/aromatic N) is 1. The average Bonchev–Trinajstić information content (AvgIpc) is 2.49. The van der Waals surface area contributed by atoms with Crippen LogP contribution in [0.3, 0.4) is 0 Å². The minimum Gasteiger partial charge on any atom is -0.494 e. The molecule has 21 heavy (non-hydrogen) atoms. The molecular weight excluding hydrogens is 264 g/mol. The highest BCUT2D eigenvalue weighted by Gasteiger charge is 2.18. The molecule has 1 aromatic carbocycles. The van der Waals surface area contributed by atoms with Gasteiger partial charge in [-0.2, -0.15) is 0 Å². The number of amides is 1. The summed E-state index contributed by atoms with van der Waals surface area (Å²) in [5.74, 6) is 1.04. The molecule has 1 aromatic rings. The molecule has 116 valence electrons. The summed E-state index contributed by atoms with van der Waals surface area (Å²) >= 11 is 0. The van der Waals surface area contributed by atoms with Crippen LogP contribution in [0.15, 0.2) is 24.3 Å². The Morgan fingerprint density at radius 3 is 2.76 bits per heavy atom. The van der Waals surface area contributed by atoms with Gasteiger partial charge >= 0.3 is 0 Å². The number of rotatable bonds is 6. The lowest BCUT2D eigenvalue weighted by Crippen LogP contribution is -2.43. The van der Waals surface area contributed by atoms with E-state index in [4.69, 9.17) is 4.74 Å². The third-order valence-electron chi connectivity index (χ3n) is 3.98. The lowest BCUT2D eigenvalue weighted by molar-refractivity contribution is -0.122. The molecular formula is C17H26N2O2. The van der Waals surface area contributed by atoms with E-state index in [1.165, 1.54) is 0 Å². The highest BCUT2D eigenvalue weighted by Crippen LogP contribution is 2.19. The first kappa shape index (κ1) is 15.8. The fraction of sp³-hybridized carbons (Fsp3) is 0.588. The van der Waals surface area contributed by atoms with Crippen LogP contribution in [0.5, 0.6) is 5.75 Å². The Bertz CT molecular complexity index is 454. The van der Waals surface area contributed by atoms with Gasteiger partial charge in [-0.15, -0.1) is 0 Å². The van der Waals surface area contributed by atoms with Crippen molar-refractivity contribution in [1.82, 2.24) is 10.2 Å². The minimum atomic E-state index is 0.149. The van der Waals surface area contributed by atoms with Crippen molar-refractivity contribution in [1.29, 1.82) is 0 Å². The molecule has 0 aromatic heterocycles. The van der Waals surface area contributed by atoms with Gasteiger partial charge in [0.05, 0.1) is 6.61 Å². The van der Waals surface area contributed by atoms with Crippen molar-refractivity contribution in [2.24, 2.45) is 0 Å². The molecule has 0 radical (unpaired) electrons.